The van der Waals surface area contributed by atoms with Gasteiger partial charge in [0.1, 0.15) is 11.6 Å². The zero-order valence-corrected chi connectivity index (χ0v) is 10.6. The molecule has 0 amide bonds. The average molecular weight is 261 g/mol. The SMILES string of the molecule is CCCNC(CO)CSc1ccc(F)cc1F. The molecule has 0 spiro atoms. The third-order valence-corrected chi connectivity index (χ3v) is 3.45. The van der Waals surface area contributed by atoms with E-state index in [9.17, 15) is 8.78 Å². The Morgan fingerprint density at radius 2 is 2.18 bits per heavy atom. The van der Waals surface area contributed by atoms with Crippen molar-refractivity contribution in [1.29, 1.82) is 0 Å². The summed E-state index contributed by atoms with van der Waals surface area (Å²) in [7, 11) is 0. The largest absolute Gasteiger partial charge is 0.395 e. The molecule has 0 aliphatic rings. The average Bonchev–Trinajstić information content (AvgIpc) is 2.31. The minimum Gasteiger partial charge on any atom is -0.395 e. The smallest absolute Gasteiger partial charge is 0.139 e. The molecule has 1 rings (SSSR count). The van der Waals surface area contributed by atoms with E-state index in [1.165, 1.54) is 23.9 Å². The molecular formula is C12H17F2NOS. The van der Waals surface area contributed by atoms with Crippen LogP contribution >= 0.6 is 11.8 Å². The predicted molar refractivity (Wildman–Crippen MR) is 66.2 cm³/mol. The fourth-order valence-electron chi connectivity index (χ4n) is 1.31. The first kappa shape index (κ1) is 14.4. The molecule has 17 heavy (non-hydrogen) atoms. The van der Waals surface area contributed by atoms with E-state index in [4.69, 9.17) is 5.11 Å². The molecule has 0 bridgehead atoms. The van der Waals surface area contributed by atoms with Crippen LogP contribution in [0.5, 0.6) is 0 Å². The van der Waals surface area contributed by atoms with Gasteiger partial charge in [0.15, 0.2) is 0 Å². The Kier molecular flexibility index (Phi) is 6.47. The van der Waals surface area contributed by atoms with Crippen molar-refractivity contribution in [3.8, 4) is 0 Å². The molecule has 0 aromatic heterocycles. The molecular weight excluding hydrogens is 244 g/mol. The van der Waals surface area contributed by atoms with Crippen LogP contribution in [0.15, 0.2) is 23.1 Å². The molecule has 96 valence electrons. The second-order valence-corrected chi connectivity index (χ2v) is 4.78. The van der Waals surface area contributed by atoms with Crippen LogP contribution in [-0.4, -0.2) is 30.1 Å². The first-order chi connectivity index (χ1) is 8.17. The Labute approximate surface area is 104 Å². The van der Waals surface area contributed by atoms with Gasteiger partial charge in [0.25, 0.3) is 0 Å². The molecule has 0 saturated heterocycles. The van der Waals surface area contributed by atoms with E-state index < -0.39 is 11.6 Å². The predicted octanol–water partition coefficient (Wildman–Crippen LogP) is 2.42. The van der Waals surface area contributed by atoms with Gasteiger partial charge in [-0.3, -0.25) is 0 Å². The summed E-state index contributed by atoms with van der Waals surface area (Å²) < 4.78 is 26.0. The van der Waals surface area contributed by atoms with E-state index >= 15 is 0 Å². The summed E-state index contributed by atoms with van der Waals surface area (Å²) in [5, 5.41) is 12.3. The molecule has 0 radical (unpaired) electrons. The van der Waals surface area contributed by atoms with Gasteiger partial charge in [-0.05, 0) is 25.1 Å². The number of nitrogens with one attached hydrogen (secondary N) is 1. The summed E-state index contributed by atoms with van der Waals surface area (Å²) in [5.41, 5.74) is 0. The zero-order chi connectivity index (χ0) is 12.7. The third-order valence-electron chi connectivity index (χ3n) is 2.24. The number of rotatable bonds is 7. The van der Waals surface area contributed by atoms with Crippen LogP contribution in [0.3, 0.4) is 0 Å². The number of halogens is 2. The molecule has 0 fully saturated rings. The number of aliphatic hydroxyl groups is 1. The van der Waals surface area contributed by atoms with E-state index in [-0.39, 0.29) is 12.6 Å². The highest BCUT2D eigenvalue weighted by Crippen LogP contribution is 2.22. The van der Waals surface area contributed by atoms with Gasteiger partial charge in [-0.2, -0.15) is 0 Å². The Hall–Kier alpha value is -0.650. The standard InChI is InChI=1S/C12H17F2NOS/c1-2-5-15-10(7-16)8-17-12-4-3-9(13)6-11(12)14/h3-4,6,10,15-16H,2,5,7-8H2,1H3. The number of benzene rings is 1. The lowest BCUT2D eigenvalue weighted by molar-refractivity contribution is 0.254. The second-order valence-electron chi connectivity index (χ2n) is 3.72. The van der Waals surface area contributed by atoms with Crippen molar-refractivity contribution in [2.45, 2.75) is 24.3 Å². The quantitative estimate of drug-likeness (QED) is 0.739. The van der Waals surface area contributed by atoms with E-state index in [1.54, 1.807) is 0 Å². The molecule has 1 aromatic rings. The van der Waals surface area contributed by atoms with Crippen molar-refractivity contribution >= 4 is 11.8 Å². The van der Waals surface area contributed by atoms with Gasteiger partial charge in [-0.15, -0.1) is 11.8 Å². The van der Waals surface area contributed by atoms with Gasteiger partial charge < -0.3 is 10.4 Å². The number of thioether (sulfide) groups is 1. The number of hydrogen-bond acceptors (Lipinski definition) is 3. The van der Waals surface area contributed by atoms with Crippen molar-refractivity contribution in [3.63, 3.8) is 0 Å². The molecule has 1 atom stereocenters. The van der Waals surface area contributed by atoms with E-state index in [0.717, 1.165) is 19.0 Å². The van der Waals surface area contributed by atoms with E-state index in [1.807, 2.05) is 6.92 Å². The maximum atomic E-state index is 13.3. The minimum atomic E-state index is -0.574. The Balaban J connectivity index is 2.47. The first-order valence-electron chi connectivity index (χ1n) is 5.59. The molecule has 0 aliphatic heterocycles. The number of hydrogen-bond donors (Lipinski definition) is 2. The van der Waals surface area contributed by atoms with Gasteiger partial charge >= 0.3 is 0 Å². The fraction of sp³-hybridized carbons (Fsp3) is 0.500. The summed E-state index contributed by atoms with van der Waals surface area (Å²) in [5.74, 6) is -0.573. The third kappa shape index (κ3) is 5.02. The zero-order valence-electron chi connectivity index (χ0n) is 9.75. The van der Waals surface area contributed by atoms with Crippen molar-refractivity contribution in [1.82, 2.24) is 5.32 Å². The summed E-state index contributed by atoms with van der Waals surface area (Å²) in [6.07, 6.45) is 0.978. The molecule has 0 saturated carbocycles. The molecule has 1 unspecified atom stereocenters. The van der Waals surface area contributed by atoms with Crippen molar-refractivity contribution in [2.75, 3.05) is 18.9 Å². The van der Waals surface area contributed by atoms with Gasteiger partial charge in [0.2, 0.25) is 0 Å². The van der Waals surface area contributed by atoms with Crippen LogP contribution in [-0.2, 0) is 0 Å². The normalized spacial score (nSPS) is 12.7. The summed E-state index contributed by atoms with van der Waals surface area (Å²) >= 11 is 1.27. The maximum absolute atomic E-state index is 13.3. The monoisotopic (exact) mass is 261 g/mol. The molecule has 0 aliphatic carbocycles. The lowest BCUT2D eigenvalue weighted by atomic mass is 10.3. The molecule has 2 N–H and O–H groups in total. The van der Waals surface area contributed by atoms with Crippen molar-refractivity contribution in [2.24, 2.45) is 0 Å². The highest BCUT2D eigenvalue weighted by Gasteiger charge is 2.09. The van der Waals surface area contributed by atoms with E-state index in [2.05, 4.69) is 5.32 Å². The second kappa shape index (κ2) is 7.63. The van der Waals surface area contributed by atoms with Gasteiger partial charge in [0.05, 0.1) is 6.61 Å². The molecule has 0 heterocycles. The van der Waals surface area contributed by atoms with Crippen LogP contribution in [0, 0.1) is 11.6 Å². The fourth-order valence-corrected chi connectivity index (χ4v) is 2.27. The molecule has 1 aromatic carbocycles. The highest BCUT2D eigenvalue weighted by atomic mass is 32.2. The summed E-state index contributed by atoms with van der Waals surface area (Å²) in [6, 6.07) is 3.46. The lowest BCUT2D eigenvalue weighted by Gasteiger charge is -2.15. The first-order valence-corrected chi connectivity index (χ1v) is 6.58. The van der Waals surface area contributed by atoms with Gasteiger partial charge in [-0.1, -0.05) is 6.92 Å². The molecule has 5 heteroatoms. The lowest BCUT2D eigenvalue weighted by Crippen LogP contribution is -2.35. The van der Waals surface area contributed by atoms with Crippen molar-refractivity contribution in [3.05, 3.63) is 29.8 Å². The van der Waals surface area contributed by atoms with Crippen LogP contribution in [0.25, 0.3) is 0 Å². The summed E-state index contributed by atoms with van der Waals surface area (Å²) in [6.45, 7) is 2.86. The van der Waals surface area contributed by atoms with Crippen LogP contribution < -0.4 is 5.32 Å². The van der Waals surface area contributed by atoms with Gasteiger partial charge in [0, 0.05) is 22.8 Å². The summed E-state index contributed by atoms with van der Waals surface area (Å²) in [4.78, 5) is 0.406. The van der Waals surface area contributed by atoms with E-state index in [0.29, 0.717) is 10.6 Å². The maximum Gasteiger partial charge on any atom is 0.139 e. The molecule has 2 nitrogen and oxygen atoms in total. The Morgan fingerprint density at radius 1 is 1.41 bits per heavy atom. The topological polar surface area (TPSA) is 32.3 Å². The Morgan fingerprint density at radius 3 is 2.76 bits per heavy atom. The van der Waals surface area contributed by atoms with Crippen LogP contribution in [0.1, 0.15) is 13.3 Å². The number of aliphatic hydroxyl groups excluding tert-OH is 1. The van der Waals surface area contributed by atoms with Crippen LogP contribution in [0.4, 0.5) is 8.78 Å². The van der Waals surface area contributed by atoms with Gasteiger partial charge in [-0.25, -0.2) is 8.78 Å². The van der Waals surface area contributed by atoms with Crippen LogP contribution in [0.2, 0.25) is 0 Å². The Bertz CT molecular complexity index is 349. The highest BCUT2D eigenvalue weighted by molar-refractivity contribution is 7.99. The minimum absolute atomic E-state index is 0.00974. The van der Waals surface area contributed by atoms with Crippen molar-refractivity contribution < 1.29 is 13.9 Å².